The molecule has 1 saturated heterocycles. The van der Waals surface area contributed by atoms with Crippen LogP contribution in [0, 0.1) is 11.6 Å². The molecule has 0 radical (unpaired) electrons. The van der Waals surface area contributed by atoms with Gasteiger partial charge in [0.2, 0.25) is 0 Å². The summed E-state index contributed by atoms with van der Waals surface area (Å²) in [6.45, 7) is 1.61. The normalized spacial score (nSPS) is 17.5. The van der Waals surface area contributed by atoms with E-state index in [2.05, 4.69) is 14.9 Å². The van der Waals surface area contributed by atoms with Gasteiger partial charge in [-0.3, -0.25) is 4.99 Å². The summed E-state index contributed by atoms with van der Waals surface area (Å²) >= 11 is 0. The number of aliphatic imine (C=N–C) groups is 1. The number of rotatable bonds is 4. The molecule has 1 aromatic heterocycles. The van der Waals surface area contributed by atoms with Crippen molar-refractivity contribution in [2.75, 3.05) is 32.1 Å². The summed E-state index contributed by atoms with van der Waals surface area (Å²) in [5, 5.41) is 10.6. The van der Waals surface area contributed by atoms with E-state index in [1.807, 2.05) is 19.0 Å². The zero-order chi connectivity index (χ0) is 19.8. The van der Waals surface area contributed by atoms with Crippen molar-refractivity contribution >= 4 is 28.5 Å². The summed E-state index contributed by atoms with van der Waals surface area (Å²) < 4.78 is 28.2. The van der Waals surface area contributed by atoms with Crippen LogP contribution in [0.15, 0.2) is 41.4 Å². The van der Waals surface area contributed by atoms with Gasteiger partial charge in [-0.2, -0.15) is 0 Å². The predicted octanol–water partition coefficient (Wildman–Crippen LogP) is 4.04. The number of benzene rings is 2. The molecule has 2 heterocycles. The van der Waals surface area contributed by atoms with Crippen molar-refractivity contribution < 1.29 is 13.9 Å². The highest BCUT2D eigenvalue weighted by atomic mass is 19.1. The molecule has 7 heteroatoms. The van der Waals surface area contributed by atoms with E-state index in [0.29, 0.717) is 33.9 Å². The highest BCUT2D eigenvalue weighted by Crippen LogP contribution is 2.30. The number of aromatic hydroxyl groups is 1. The zero-order valence-electron chi connectivity index (χ0n) is 15.8. The first-order chi connectivity index (χ1) is 13.4. The van der Waals surface area contributed by atoms with Crippen LogP contribution in [-0.2, 0) is 0 Å². The Morgan fingerprint density at radius 3 is 2.75 bits per heavy atom. The van der Waals surface area contributed by atoms with Crippen molar-refractivity contribution in [1.82, 2.24) is 9.88 Å². The van der Waals surface area contributed by atoms with Crippen LogP contribution >= 0.6 is 0 Å². The molecular formula is C21H22F2N4O. The molecule has 146 valence electrons. The Morgan fingerprint density at radius 1 is 1.21 bits per heavy atom. The molecule has 3 aromatic rings. The minimum absolute atomic E-state index is 0.103. The molecule has 5 nitrogen and oxygen atoms in total. The molecule has 4 rings (SSSR count). The molecule has 1 unspecified atom stereocenters. The summed E-state index contributed by atoms with van der Waals surface area (Å²) in [4.78, 5) is 11.2. The topological polar surface area (TPSA) is 54.9 Å². The van der Waals surface area contributed by atoms with Crippen molar-refractivity contribution in [3.05, 3.63) is 53.6 Å². The Morgan fingerprint density at radius 2 is 2.04 bits per heavy atom. The van der Waals surface area contributed by atoms with Gasteiger partial charge in [-0.25, -0.2) is 8.78 Å². The minimum Gasteiger partial charge on any atom is -0.494 e. The van der Waals surface area contributed by atoms with Gasteiger partial charge in [0.15, 0.2) is 5.88 Å². The van der Waals surface area contributed by atoms with Crippen molar-refractivity contribution in [2.45, 2.75) is 12.5 Å². The van der Waals surface area contributed by atoms with Gasteiger partial charge in [-0.05, 0) is 50.8 Å². The standard InChI is InChI=1S/C21H22F2N4O/c1-26(2)15-7-8-27(12-15)20-6-4-14(10-18(20)23)24-11-17-16-9-13(22)3-5-19(16)25-21(17)28/h3-6,9-11,15,25,28H,7-8,12H2,1-2H3. The van der Waals surface area contributed by atoms with Gasteiger partial charge < -0.3 is 19.9 Å². The molecule has 0 aliphatic carbocycles. The van der Waals surface area contributed by atoms with E-state index in [9.17, 15) is 13.9 Å². The van der Waals surface area contributed by atoms with Crippen LogP contribution in [0.2, 0.25) is 0 Å². The lowest BCUT2D eigenvalue weighted by Gasteiger charge is -2.22. The third kappa shape index (κ3) is 3.45. The zero-order valence-corrected chi connectivity index (χ0v) is 15.8. The Kier molecular flexibility index (Phi) is 4.77. The second-order valence-corrected chi connectivity index (χ2v) is 7.32. The Bertz CT molecular complexity index is 1040. The predicted molar refractivity (Wildman–Crippen MR) is 108 cm³/mol. The van der Waals surface area contributed by atoms with E-state index in [4.69, 9.17) is 0 Å². The van der Waals surface area contributed by atoms with E-state index in [1.165, 1.54) is 24.4 Å². The summed E-state index contributed by atoms with van der Waals surface area (Å²) in [6.07, 6.45) is 2.42. The molecule has 2 aromatic carbocycles. The number of nitrogens with zero attached hydrogens (tertiary/aromatic N) is 3. The van der Waals surface area contributed by atoms with Crippen LogP contribution in [0.4, 0.5) is 20.2 Å². The maximum atomic E-state index is 14.6. The number of fused-ring (bicyclic) bond motifs is 1. The van der Waals surface area contributed by atoms with Gasteiger partial charge in [-0.1, -0.05) is 0 Å². The molecule has 1 atom stereocenters. The molecular weight excluding hydrogens is 362 g/mol. The number of anilines is 1. The number of nitrogens with one attached hydrogen (secondary N) is 1. The fourth-order valence-electron chi connectivity index (χ4n) is 3.66. The lowest BCUT2D eigenvalue weighted by molar-refractivity contribution is 0.315. The van der Waals surface area contributed by atoms with Crippen LogP contribution in [-0.4, -0.2) is 54.4 Å². The van der Waals surface area contributed by atoms with Crippen LogP contribution in [0.3, 0.4) is 0 Å². The lowest BCUT2D eigenvalue weighted by Crippen LogP contribution is -2.31. The second-order valence-electron chi connectivity index (χ2n) is 7.32. The van der Waals surface area contributed by atoms with Gasteiger partial charge in [-0.15, -0.1) is 0 Å². The number of aromatic nitrogens is 1. The molecule has 2 N–H and O–H groups in total. The van der Waals surface area contributed by atoms with Crippen molar-refractivity contribution in [1.29, 1.82) is 0 Å². The molecule has 28 heavy (non-hydrogen) atoms. The molecule has 1 aliphatic heterocycles. The number of hydrogen-bond acceptors (Lipinski definition) is 4. The first-order valence-corrected chi connectivity index (χ1v) is 9.17. The van der Waals surface area contributed by atoms with E-state index >= 15 is 0 Å². The average Bonchev–Trinajstić information content (AvgIpc) is 3.25. The third-order valence-corrected chi connectivity index (χ3v) is 5.29. The first kappa shape index (κ1) is 18.4. The monoisotopic (exact) mass is 384 g/mol. The van der Waals surface area contributed by atoms with E-state index < -0.39 is 5.82 Å². The molecule has 0 amide bonds. The SMILES string of the molecule is CN(C)C1CCN(c2ccc(N=Cc3c(O)[nH]c4ccc(F)cc34)cc2F)C1. The van der Waals surface area contributed by atoms with Gasteiger partial charge in [0.05, 0.1) is 16.9 Å². The summed E-state index contributed by atoms with van der Waals surface area (Å²) in [5.74, 6) is -0.838. The maximum absolute atomic E-state index is 14.6. The second kappa shape index (κ2) is 7.24. The third-order valence-electron chi connectivity index (χ3n) is 5.29. The summed E-state index contributed by atoms with van der Waals surface area (Å²) in [7, 11) is 4.07. The van der Waals surface area contributed by atoms with Crippen LogP contribution < -0.4 is 4.90 Å². The van der Waals surface area contributed by atoms with Gasteiger partial charge in [0.25, 0.3) is 0 Å². The van der Waals surface area contributed by atoms with Crippen LogP contribution in [0.1, 0.15) is 12.0 Å². The van der Waals surface area contributed by atoms with Crippen molar-refractivity contribution in [3.8, 4) is 5.88 Å². The number of H-pyrrole nitrogens is 1. The molecule has 1 aliphatic rings. The summed E-state index contributed by atoms with van der Waals surface area (Å²) in [5.41, 5.74) is 1.97. The number of aromatic amines is 1. The highest BCUT2D eigenvalue weighted by Gasteiger charge is 2.25. The molecule has 0 bridgehead atoms. The quantitative estimate of drug-likeness (QED) is 0.668. The fourth-order valence-corrected chi connectivity index (χ4v) is 3.66. The number of likely N-dealkylation sites (N-methyl/N-ethyl adjacent to an activating group) is 1. The Hall–Kier alpha value is -2.93. The minimum atomic E-state index is -0.404. The summed E-state index contributed by atoms with van der Waals surface area (Å²) in [6, 6.07) is 9.45. The van der Waals surface area contributed by atoms with Gasteiger partial charge >= 0.3 is 0 Å². The molecule has 1 fully saturated rings. The first-order valence-electron chi connectivity index (χ1n) is 9.17. The number of hydrogen-bond donors (Lipinski definition) is 2. The van der Waals surface area contributed by atoms with Crippen molar-refractivity contribution in [3.63, 3.8) is 0 Å². The Labute approximate surface area is 161 Å². The van der Waals surface area contributed by atoms with E-state index in [-0.39, 0.29) is 11.7 Å². The highest BCUT2D eigenvalue weighted by molar-refractivity contribution is 6.02. The Balaban J connectivity index is 1.57. The fraction of sp³-hybridized carbons (Fsp3) is 0.286. The largest absolute Gasteiger partial charge is 0.494 e. The van der Waals surface area contributed by atoms with E-state index in [1.54, 1.807) is 18.2 Å². The number of halogens is 2. The molecule has 0 spiro atoms. The maximum Gasteiger partial charge on any atom is 0.198 e. The smallest absolute Gasteiger partial charge is 0.198 e. The van der Waals surface area contributed by atoms with Gasteiger partial charge in [0.1, 0.15) is 11.6 Å². The van der Waals surface area contributed by atoms with E-state index in [0.717, 1.165) is 19.5 Å². The van der Waals surface area contributed by atoms with Crippen LogP contribution in [0.5, 0.6) is 5.88 Å². The van der Waals surface area contributed by atoms with Crippen LogP contribution in [0.25, 0.3) is 10.9 Å². The molecule has 0 saturated carbocycles. The average molecular weight is 384 g/mol. The van der Waals surface area contributed by atoms with Gasteiger partial charge in [0, 0.05) is 42.3 Å². The lowest BCUT2D eigenvalue weighted by atomic mass is 10.2. The van der Waals surface area contributed by atoms with Crippen molar-refractivity contribution in [2.24, 2.45) is 4.99 Å².